The molecular weight excluding hydrogens is 255 g/mol. The van der Waals surface area contributed by atoms with E-state index >= 15 is 0 Å². The number of nitrogen functional groups attached to an aromatic ring is 1. The molecule has 0 spiro atoms. The smallest absolute Gasteiger partial charge is 0.125 e. The number of amidine groups is 1. The van der Waals surface area contributed by atoms with E-state index in [1.807, 2.05) is 7.05 Å². The molecule has 0 aromatic heterocycles. The number of likely N-dealkylation sites (N-methyl/N-ethyl adjacent to an activating group) is 2. The molecular formula is C15H23FN4. The molecule has 5 heteroatoms. The van der Waals surface area contributed by atoms with Crippen molar-refractivity contribution >= 4 is 11.5 Å². The molecule has 0 aliphatic carbocycles. The molecule has 1 fully saturated rings. The molecule has 0 bridgehead atoms. The van der Waals surface area contributed by atoms with Gasteiger partial charge in [0.25, 0.3) is 0 Å². The Bertz CT molecular complexity index is 489. The summed E-state index contributed by atoms with van der Waals surface area (Å²) in [4.78, 5) is 4.54. The average molecular weight is 278 g/mol. The van der Waals surface area contributed by atoms with Gasteiger partial charge in [-0.1, -0.05) is 6.92 Å². The fourth-order valence-corrected chi connectivity index (χ4v) is 2.99. The van der Waals surface area contributed by atoms with Gasteiger partial charge in [0.2, 0.25) is 0 Å². The van der Waals surface area contributed by atoms with E-state index in [9.17, 15) is 4.39 Å². The first kappa shape index (κ1) is 14.8. The van der Waals surface area contributed by atoms with E-state index in [1.54, 1.807) is 6.07 Å². The van der Waals surface area contributed by atoms with Crippen molar-refractivity contribution in [2.24, 2.45) is 5.73 Å². The van der Waals surface area contributed by atoms with E-state index in [0.717, 1.165) is 25.3 Å². The number of benzene rings is 1. The molecule has 1 saturated heterocycles. The molecule has 1 unspecified atom stereocenters. The van der Waals surface area contributed by atoms with Crippen molar-refractivity contribution < 1.29 is 4.39 Å². The van der Waals surface area contributed by atoms with Crippen molar-refractivity contribution in [3.63, 3.8) is 0 Å². The summed E-state index contributed by atoms with van der Waals surface area (Å²) in [5.41, 5.74) is 6.85. The van der Waals surface area contributed by atoms with Gasteiger partial charge in [-0.15, -0.1) is 0 Å². The summed E-state index contributed by atoms with van der Waals surface area (Å²) in [6, 6.07) is 4.98. The van der Waals surface area contributed by atoms with Gasteiger partial charge in [-0.25, -0.2) is 4.39 Å². The predicted octanol–water partition coefficient (Wildman–Crippen LogP) is 2.03. The zero-order valence-corrected chi connectivity index (χ0v) is 12.2. The molecule has 4 nitrogen and oxygen atoms in total. The van der Waals surface area contributed by atoms with Crippen LogP contribution in [-0.4, -0.2) is 43.5 Å². The maximum atomic E-state index is 13.3. The van der Waals surface area contributed by atoms with Gasteiger partial charge in [0.15, 0.2) is 0 Å². The number of nitrogens with two attached hydrogens (primary N) is 1. The highest BCUT2D eigenvalue weighted by atomic mass is 19.1. The number of nitrogens with zero attached hydrogens (tertiary/aromatic N) is 2. The second-order valence-electron chi connectivity index (χ2n) is 5.38. The van der Waals surface area contributed by atoms with Crippen LogP contribution in [0.5, 0.6) is 0 Å². The molecule has 1 aliphatic heterocycles. The quantitative estimate of drug-likeness (QED) is 0.640. The van der Waals surface area contributed by atoms with Gasteiger partial charge in [0.05, 0.1) is 0 Å². The lowest BCUT2D eigenvalue weighted by molar-refractivity contribution is 0.270. The Morgan fingerprint density at radius 2 is 2.30 bits per heavy atom. The summed E-state index contributed by atoms with van der Waals surface area (Å²) in [7, 11) is 1.98. The molecule has 1 atom stereocenters. The lowest BCUT2D eigenvalue weighted by Crippen LogP contribution is -2.39. The fraction of sp³-hybridized carbons (Fsp3) is 0.533. The van der Waals surface area contributed by atoms with Crippen LogP contribution < -0.4 is 10.6 Å². The highest BCUT2D eigenvalue weighted by Gasteiger charge is 2.25. The van der Waals surface area contributed by atoms with Crippen LogP contribution in [0, 0.1) is 11.2 Å². The summed E-state index contributed by atoms with van der Waals surface area (Å²) < 4.78 is 13.3. The Balaban J connectivity index is 2.16. The largest absolute Gasteiger partial charge is 0.384 e. The molecule has 0 radical (unpaired) electrons. The van der Waals surface area contributed by atoms with Gasteiger partial charge in [-0.2, -0.15) is 0 Å². The zero-order valence-electron chi connectivity index (χ0n) is 12.2. The first-order valence-electron chi connectivity index (χ1n) is 7.12. The highest BCUT2D eigenvalue weighted by Crippen LogP contribution is 2.24. The van der Waals surface area contributed by atoms with Crippen LogP contribution >= 0.6 is 0 Å². The summed E-state index contributed by atoms with van der Waals surface area (Å²) >= 11 is 0. The van der Waals surface area contributed by atoms with Crippen molar-refractivity contribution in [2.75, 3.05) is 31.6 Å². The van der Waals surface area contributed by atoms with E-state index in [0.29, 0.717) is 11.6 Å². The lowest BCUT2D eigenvalue weighted by Gasteiger charge is -2.30. The Morgan fingerprint density at radius 1 is 1.55 bits per heavy atom. The van der Waals surface area contributed by atoms with Gasteiger partial charge in [0, 0.05) is 30.9 Å². The molecule has 0 saturated carbocycles. The minimum atomic E-state index is -0.358. The number of anilines is 1. The van der Waals surface area contributed by atoms with Crippen LogP contribution in [0.25, 0.3) is 0 Å². The van der Waals surface area contributed by atoms with Crippen LogP contribution in [-0.2, 0) is 0 Å². The minimum Gasteiger partial charge on any atom is -0.384 e. The van der Waals surface area contributed by atoms with E-state index in [4.69, 9.17) is 11.1 Å². The number of halogens is 1. The van der Waals surface area contributed by atoms with Gasteiger partial charge >= 0.3 is 0 Å². The number of likely N-dealkylation sites (tertiary alicyclic amines) is 1. The topological polar surface area (TPSA) is 56.4 Å². The number of nitrogens with one attached hydrogen (secondary N) is 1. The van der Waals surface area contributed by atoms with Crippen LogP contribution in [0.2, 0.25) is 0 Å². The Labute approximate surface area is 119 Å². The monoisotopic (exact) mass is 278 g/mol. The summed E-state index contributed by atoms with van der Waals surface area (Å²) in [5.74, 6) is -0.450. The molecule has 1 aromatic carbocycles. The molecule has 20 heavy (non-hydrogen) atoms. The maximum Gasteiger partial charge on any atom is 0.125 e. The maximum absolute atomic E-state index is 13.3. The summed E-state index contributed by atoms with van der Waals surface area (Å²) in [6.07, 6.45) is 2.42. The third-order valence-corrected chi connectivity index (χ3v) is 4.05. The fourth-order valence-electron chi connectivity index (χ4n) is 2.99. The van der Waals surface area contributed by atoms with Gasteiger partial charge in [-0.3, -0.25) is 10.3 Å². The third kappa shape index (κ3) is 3.10. The average Bonchev–Trinajstić information content (AvgIpc) is 2.85. The summed E-state index contributed by atoms with van der Waals surface area (Å²) in [5, 5.41) is 7.60. The van der Waals surface area contributed by atoms with Crippen molar-refractivity contribution in [2.45, 2.75) is 25.8 Å². The van der Waals surface area contributed by atoms with Crippen LogP contribution in [0.1, 0.15) is 25.3 Å². The Morgan fingerprint density at radius 3 is 2.95 bits per heavy atom. The molecule has 1 aromatic rings. The standard InChI is InChI=1S/C15H23FN4/c1-3-20-8-4-5-12(20)10-19(2)14-7-6-11(16)9-13(14)15(17)18/h6-7,9,12H,3-5,8,10H2,1-2H3,(H3,17,18). The third-order valence-electron chi connectivity index (χ3n) is 4.05. The van der Waals surface area contributed by atoms with Crippen molar-refractivity contribution in [1.82, 2.24) is 4.90 Å². The molecule has 0 amide bonds. The first-order valence-corrected chi connectivity index (χ1v) is 7.12. The van der Waals surface area contributed by atoms with Gasteiger partial charge in [0.1, 0.15) is 11.7 Å². The van der Waals surface area contributed by atoms with Gasteiger partial charge < -0.3 is 10.6 Å². The predicted molar refractivity (Wildman–Crippen MR) is 81.0 cm³/mol. The molecule has 1 heterocycles. The zero-order chi connectivity index (χ0) is 14.7. The van der Waals surface area contributed by atoms with Crippen molar-refractivity contribution in [1.29, 1.82) is 5.41 Å². The number of hydrogen-bond donors (Lipinski definition) is 2. The summed E-state index contributed by atoms with van der Waals surface area (Å²) in [6.45, 7) is 5.26. The molecule has 2 rings (SSSR count). The Hall–Kier alpha value is -1.62. The lowest BCUT2D eigenvalue weighted by atomic mass is 10.1. The SMILES string of the molecule is CCN1CCCC1CN(C)c1ccc(F)cc1C(=N)N. The number of rotatable bonds is 5. The minimum absolute atomic E-state index is 0.0925. The molecule has 3 N–H and O–H groups in total. The van der Waals surface area contributed by atoms with Crippen molar-refractivity contribution in [3.8, 4) is 0 Å². The van der Waals surface area contributed by atoms with E-state index in [1.165, 1.54) is 25.0 Å². The van der Waals surface area contributed by atoms with E-state index < -0.39 is 0 Å². The van der Waals surface area contributed by atoms with Crippen LogP contribution in [0.3, 0.4) is 0 Å². The van der Waals surface area contributed by atoms with Gasteiger partial charge in [-0.05, 0) is 44.1 Å². The van der Waals surface area contributed by atoms with Crippen LogP contribution in [0.4, 0.5) is 10.1 Å². The highest BCUT2D eigenvalue weighted by molar-refractivity contribution is 6.00. The second kappa shape index (κ2) is 6.22. The first-order chi connectivity index (χ1) is 9.52. The van der Waals surface area contributed by atoms with E-state index in [2.05, 4.69) is 16.7 Å². The normalized spacial score (nSPS) is 19.2. The molecule has 1 aliphatic rings. The van der Waals surface area contributed by atoms with Crippen molar-refractivity contribution in [3.05, 3.63) is 29.6 Å². The molecule has 110 valence electrons. The van der Waals surface area contributed by atoms with E-state index in [-0.39, 0.29) is 11.7 Å². The Kier molecular flexibility index (Phi) is 4.60. The number of hydrogen-bond acceptors (Lipinski definition) is 3. The van der Waals surface area contributed by atoms with Crippen LogP contribution in [0.15, 0.2) is 18.2 Å². The second-order valence-corrected chi connectivity index (χ2v) is 5.38.